The van der Waals surface area contributed by atoms with Crippen molar-refractivity contribution in [2.45, 2.75) is 6.54 Å². The number of benzene rings is 1. The van der Waals surface area contributed by atoms with E-state index in [9.17, 15) is 28.0 Å². The van der Waals surface area contributed by atoms with Crippen molar-refractivity contribution < 1.29 is 23.1 Å². The van der Waals surface area contributed by atoms with Gasteiger partial charge in [0, 0.05) is 24.0 Å². The Labute approximate surface area is 132 Å². The Morgan fingerprint density at radius 1 is 1.17 bits per heavy atom. The summed E-state index contributed by atoms with van der Waals surface area (Å²) >= 11 is 0. The fraction of sp³-hybridized carbons (Fsp3) is 0.143. The summed E-state index contributed by atoms with van der Waals surface area (Å²) in [5, 5.41) is 2.21. The number of ether oxygens (including phenoxy) is 1. The lowest BCUT2D eigenvalue weighted by Crippen LogP contribution is -2.32. The number of anilines is 1. The van der Waals surface area contributed by atoms with Gasteiger partial charge in [0.15, 0.2) is 18.2 Å². The van der Waals surface area contributed by atoms with Crippen molar-refractivity contribution in [1.29, 1.82) is 0 Å². The van der Waals surface area contributed by atoms with Gasteiger partial charge in [0.05, 0.1) is 0 Å². The quantitative estimate of drug-likeness (QED) is 0.745. The molecule has 0 radical (unpaired) electrons. The van der Waals surface area contributed by atoms with E-state index in [0.717, 1.165) is 35.0 Å². The molecule has 8 nitrogen and oxygen atoms in total. The molecule has 0 saturated carbocycles. The summed E-state index contributed by atoms with van der Waals surface area (Å²) in [6.45, 7) is -1.19. The predicted octanol–water partition coefficient (Wildman–Crippen LogP) is -0.00330. The maximum atomic E-state index is 13.0. The molecule has 0 unspecified atom stereocenters. The number of rotatable bonds is 5. The van der Waals surface area contributed by atoms with Crippen LogP contribution in [0.2, 0.25) is 0 Å². The van der Waals surface area contributed by atoms with Crippen LogP contribution in [-0.4, -0.2) is 28.0 Å². The number of aromatic amines is 1. The van der Waals surface area contributed by atoms with Gasteiger partial charge in [-0.05, 0) is 12.1 Å². The Morgan fingerprint density at radius 3 is 2.58 bits per heavy atom. The van der Waals surface area contributed by atoms with Crippen molar-refractivity contribution in [1.82, 2.24) is 9.55 Å². The topological polar surface area (TPSA) is 110 Å². The first-order valence-corrected chi connectivity index (χ1v) is 6.55. The van der Waals surface area contributed by atoms with Crippen LogP contribution in [0.25, 0.3) is 0 Å². The van der Waals surface area contributed by atoms with Gasteiger partial charge < -0.3 is 10.1 Å². The molecule has 126 valence electrons. The lowest BCUT2D eigenvalue weighted by Gasteiger charge is -2.07. The van der Waals surface area contributed by atoms with E-state index in [4.69, 9.17) is 0 Å². The van der Waals surface area contributed by atoms with Crippen LogP contribution in [0.5, 0.6) is 0 Å². The van der Waals surface area contributed by atoms with Gasteiger partial charge >= 0.3 is 11.7 Å². The van der Waals surface area contributed by atoms with Gasteiger partial charge in [-0.25, -0.2) is 13.6 Å². The van der Waals surface area contributed by atoms with Gasteiger partial charge in [-0.2, -0.15) is 0 Å². The highest BCUT2D eigenvalue weighted by molar-refractivity contribution is 5.92. The first kappa shape index (κ1) is 17.1. The number of nitrogens with one attached hydrogen (secondary N) is 2. The zero-order valence-electron chi connectivity index (χ0n) is 12.0. The molecule has 0 fully saturated rings. The number of aromatic nitrogens is 2. The second-order valence-corrected chi connectivity index (χ2v) is 4.58. The van der Waals surface area contributed by atoms with Gasteiger partial charge in [-0.3, -0.25) is 23.9 Å². The van der Waals surface area contributed by atoms with Crippen LogP contribution in [0.1, 0.15) is 0 Å². The molecule has 0 bridgehead atoms. The zero-order valence-corrected chi connectivity index (χ0v) is 12.0. The summed E-state index contributed by atoms with van der Waals surface area (Å²) in [7, 11) is 0. The van der Waals surface area contributed by atoms with E-state index < -0.39 is 47.9 Å². The highest BCUT2D eigenvalue weighted by Gasteiger charge is 2.11. The van der Waals surface area contributed by atoms with E-state index in [1.54, 1.807) is 0 Å². The van der Waals surface area contributed by atoms with Crippen LogP contribution in [0.15, 0.2) is 40.1 Å². The summed E-state index contributed by atoms with van der Waals surface area (Å²) in [5.74, 6) is -3.87. The monoisotopic (exact) mass is 339 g/mol. The van der Waals surface area contributed by atoms with E-state index >= 15 is 0 Å². The van der Waals surface area contributed by atoms with Gasteiger partial charge in [-0.15, -0.1) is 0 Å². The maximum Gasteiger partial charge on any atom is 0.328 e. The molecule has 2 N–H and O–H groups in total. The number of H-pyrrole nitrogens is 1. The molecule has 0 spiro atoms. The largest absolute Gasteiger partial charge is 0.454 e. The minimum Gasteiger partial charge on any atom is -0.454 e. The fourth-order valence-electron chi connectivity index (χ4n) is 1.67. The highest BCUT2D eigenvalue weighted by atomic mass is 19.2. The molecule has 2 aromatic rings. The van der Waals surface area contributed by atoms with Crippen molar-refractivity contribution in [3.05, 3.63) is 62.9 Å². The Balaban J connectivity index is 1.86. The second-order valence-electron chi connectivity index (χ2n) is 4.58. The molecule has 1 aromatic heterocycles. The molecule has 24 heavy (non-hydrogen) atoms. The van der Waals surface area contributed by atoms with E-state index in [1.807, 2.05) is 4.98 Å². The van der Waals surface area contributed by atoms with E-state index in [-0.39, 0.29) is 5.69 Å². The number of nitrogens with zero attached hydrogens (tertiary/aromatic N) is 1. The second kappa shape index (κ2) is 7.31. The minimum absolute atomic E-state index is 0.00759. The number of hydrogen-bond acceptors (Lipinski definition) is 5. The summed E-state index contributed by atoms with van der Waals surface area (Å²) in [6.07, 6.45) is 1.10. The van der Waals surface area contributed by atoms with Gasteiger partial charge in [-0.1, -0.05) is 0 Å². The summed E-state index contributed by atoms with van der Waals surface area (Å²) in [5.41, 5.74) is -1.42. The van der Waals surface area contributed by atoms with Crippen molar-refractivity contribution >= 4 is 17.6 Å². The summed E-state index contributed by atoms with van der Waals surface area (Å²) in [6, 6.07) is 3.79. The maximum absolute atomic E-state index is 13.0. The van der Waals surface area contributed by atoms with E-state index in [0.29, 0.717) is 0 Å². The Hall–Kier alpha value is -3.30. The zero-order chi connectivity index (χ0) is 17.7. The lowest BCUT2D eigenvalue weighted by atomic mass is 10.3. The van der Waals surface area contributed by atoms with Crippen LogP contribution in [0.3, 0.4) is 0 Å². The van der Waals surface area contributed by atoms with Crippen LogP contribution >= 0.6 is 0 Å². The van der Waals surface area contributed by atoms with Crippen LogP contribution in [0, 0.1) is 11.6 Å². The molecular formula is C14H11F2N3O5. The number of esters is 1. The Morgan fingerprint density at radius 2 is 1.92 bits per heavy atom. The molecule has 10 heteroatoms. The molecule has 0 atom stereocenters. The first-order valence-electron chi connectivity index (χ1n) is 6.55. The van der Waals surface area contributed by atoms with Gasteiger partial charge in [0.25, 0.3) is 11.5 Å². The third-order valence-electron chi connectivity index (χ3n) is 2.76. The van der Waals surface area contributed by atoms with Gasteiger partial charge in [0.1, 0.15) is 6.54 Å². The Kier molecular flexibility index (Phi) is 5.20. The third-order valence-corrected chi connectivity index (χ3v) is 2.76. The SMILES string of the molecule is O=C(COC(=O)Cn1ccc(=O)[nH]c1=O)Nc1ccc(F)c(F)c1. The molecule has 2 rings (SSSR count). The van der Waals surface area contributed by atoms with Crippen molar-refractivity contribution in [2.75, 3.05) is 11.9 Å². The van der Waals surface area contributed by atoms with Gasteiger partial charge in [0.2, 0.25) is 0 Å². The van der Waals surface area contributed by atoms with Crippen molar-refractivity contribution in [3.8, 4) is 0 Å². The molecule has 0 saturated heterocycles. The molecule has 1 heterocycles. The number of carbonyl (C=O) groups excluding carboxylic acids is 2. The standard InChI is InChI=1S/C14H11F2N3O5/c15-9-2-1-8(5-10(9)16)17-12(21)7-24-13(22)6-19-4-3-11(20)18-14(19)23/h1-5H,6-7H2,(H,17,21)(H,18,20,23). The molecular weight excluding hydrogens is 328 g/mol. The average molecular weight is 339 g/mol. The summed E-state index contributed by atoms with van der Waals surface area (Å²) < 4.78 is 31.3. The highest BCUT2D eigenvalue weighted by Crippen LogP contribution is 2.12. The molecule has 1 amide bonds. The van der Waals surface area contributed by atoms with E-state index in [1.165, 1.54) is 0 Å². The number of hydrogen-bond donors (Lipinski definition) is 2. The van der Waals surface area contributed by atoms with Crippen LogP contribution in [-0.2, 0) is 20.9 Å². The Bertz CT molecular complexity index is 890. The molecule has 0 aliphatic carbocycles. The van der Waals surface area contributed by atoms with Crippen molar-refractivity contribution in [2.24, 2.45) is 0 Å². The normalized spacial score (nSPS) is 10.2. The third kappa shape index (κ3) is 4.60. The fourth-order valence-corrected chi connectivity index (χ4v) is 1.67. The number of amides is 1. The lowest BCUT2D eigenvalue weighted by molar-refractivity contribution is -0.148. The van der Waals surface area contributed by atoms with Crippen LogP contribution in [0.4, 0.5) is 14.5 Å². The predicted molar refractivity (Wildman–Crippen MR) is 77.3 cm³/mol. The van der Waals surface area contributed by atoms with Crippen molar-refractivity contribution in [3.63, 3.8) is 0 Å². The van der Waals surface area contributed by atoms with E-state index in [2.05, 4.69) is 10.1 Å². The molecule has 1 aromatic carbocycles. The number of halogens is 2. The summed E-state index contributed by atoms with van der Waals surface area (Å²) in [4.78, 5) is 47.3. The molecule has 0 aliphatic heterocycles. The average Bonchev–Trinajstić information content (AvgIpc) is 2.52. The first-order chi connectivity index (χ1) is 11.3. The number of carbonyl (C=O) groups is 2. The molecule has 0 aliphatic rings. The van der Waals surface area contributed by atoms with Crippen LogP contribution < -0.4 is 16.6 Å². The smallest absolute Gasteiger partial charge is 0.328 e. The minimum atomic E-state index is -1.14.